The van der Waals surface area contributed by atoms with Crippen LogP contribution in [0.5, 0.6) is 0 Å². The molecule has 1 aliphatic heterocycles. The van der Waals surface area contributed by atoms with Crippen molar-refractivity contribution in [2.75, 3.05) is 32.5 Å². The maximum Gasteiger partial charge on any atom is 0.0376 e. The zero-order chi connectivity index (χ0) is 10.7. The topological polar surface area (TPSA) is 15.3 Å². The smallest absolute Gasteiger partial charge is 0.0376 e. The van der Waals surface area contributed by atoms with E-state index in [1.54, 1.807) is 11.1 Å². The van der Waals surface area contributed by atoms with E-state index in [4.69, 9.17) is 0 Å². The minimum Gasteiger partial charge on any atom is -0.384 e. The van der Waals surface area contributed by atoms with Gasteiger partial charge in [-0.05, 0) is 57.1 Å². The minimum absolute atomic E-state index is 1.11. The molecular formula is C13H20N2. The molecule has 2 heteroatoms. The van der Waals surface area contributed by atoms with E-state index in [0.717, 1.165) is 6.54 Å². The summed E-state index contributed by atoms with van der Waals surface area (Å²) in [4.78, 5) is 2.25. The monoisotopic (exact) mass is 204 g/mol. The Hall–Kier alpha value is -1.02. The first-order valence-electron chi connectivity index (χ1n) is 5.77. The van der Waals surface area contributed by atoms with Crippen LogP contribution in [0.4, 0.5) is 5.69 Å². The first-order valence-corrected chi connectivity index (χ1v) is 5.77. The van der Waals surface area contributed by atoms with Crippen LogP contribution in [0.3, 0.4) is 0 Å². The Morgan fingerprint density at radius 2 is 2.20 bits per heavy atom. The third-order valence-corrected chi connectivity index (χ3v) is 3.01. The van der Waals surface area contributed by atoms with Crippen LogP contribution in [-0.4, -0.2) is 32.1 Å². The van der Waals surface area contributed by atoms with Gasteiger partial charge in [-0.25, -0.2) is 0 Å². The summed E-state index contributed by atoms with van der Waals surface area (Å²) in [7, 11) is 4.27. The van der Waals surface area contributed by atoms with Crippen LogP contribution in [0.1, 0.15) is 17.5 Å². The van der Waals surface area contributed by atoms with Gasteiger partial charge in [0.2, 0.25) is 0 Å². The molecule has 1 N–H and O–H groups in total. The molecule has 1 aromatic carbocycles. The quantitative estimate of drug-likeness (QED) is 0.808. The van der Waals surface area contributed by atoms with Crippen molar-refractivity contribution < 1.29 is 0 Å². The summed E-state index contributed by atoms with van der Waals surface area (Å²) in [5.41, 5.74) is 4.45. The number of nitrogens with zero attached hydrogens (tertiary/aromatic N) is 1. The van der Waals surface area contributed by atoms with Crippen molar-refractivity contribution in [1.29, 1.82) is 0 Å². The van der Waals surface area contributed by atoms with Gasteiger partial charge in [0.25, 0.3) is 0 Å². The number of aryl methyl sites for hydroxylation is 1. The van der Waals surface area contributed by atoms with Gasteiger partial charge in [-0.2, -0.15) is 0 Å². The van der Waals surface area contributed by atoms with Crippen molar-refractivity contribution in [3.05, 3.63) is 29.3 Å². The van der Waals surface area contributed by atoms with Crippen LogP contribution < -0.4 is 5.32 Å². The van der Waals surface area contributed by atoms with Crippen LogP contribution in [0.15, 0.2) is 18.2 Å². The van der Waals surface area contributed by atoms with Gasteiger partial charge in [-0.1, -0.05) is 12.1 Å². The fraction of sp³-hybridized carbons (Fsp3) is 0.538. The van der Waals surface area contributed by atoms with Crippen LogP contribution >= 0.6 is 0 Å². The number of benzene rings is 1. The number of hydrogen-bond donors (Lipinski definition) is 1. The van der Waals surface area contributed by atoms with Crippen LogP contribution in [0, 0.1) is 0 Å². The van der Waals surface area contributed by atoms with Gasteiger partial charge in [0.15, 0.2) is 0 Å². The van der Waals surface area contributed by atoms with Crippen molar-refractivity contribution in [3.63, 3.8) is 0 Å². The Labute approximate surface area is 92.3 Å². The van der Waals surface area contributed by atoms with E-state index in [0.29, 0.717) is 0 Å². The number of hydrogen-bond acceptors (Lipinski definition) is 2. The second-order valence-corrected chi connectivity index (χ2v) is 4.53. The normalized spacial score (nSPS) is 14.1. The van der Waals surface area contributed by atoms with E-state index in [2.05, 4.69) is 42.5 Å². The van der Waals surface area contributed by atoms with E-state index >= 15 is 0 Å². The van der Waals surface area contributed by atoms with Gasteiger partial charge < -0.3 is 10.2 Å². The van der Waals surface area contributed by atoms with E-state index in [1.165, 1.54) is 31.5 Å². The highest BCUT2D eigenvalue weighted by Crippen LogP contribution is 2.26. The molecule has 0 spiro atoms. The molecular weight excluding hydrogens is 184 g/mol. The van der Waals surface area contributed by atoms with E-state index in [1.807, 2.05) is 0 Å². The fourth-order valence-electron chi connectivity index (χ4n) is 2.24. The van der Waals surface area contributed by atoms with Crippen molar-refractivity contribution in [3.8, 4) is 0 Å². The second-order valence-electron chi connectivity index (χ2n) is 4.53. The maximum atomic E-state index is 3.43. The molecule has 15 heavy (non-hydrogen) atoms. The summed E-state index contributed by atoms with van der Waals surface area (Å²) in [5, 5.41) is 3.43. The van der Waals surface area contributed by atoms with Gasteiger partial charge in [0, 0.05) is 12.2 Å². The molecule has 1 aromatic rings. The number of fused-ring (bicyclic) bond motifs is 1. The first-order chi connectivity index (χ1) is 7.27. The molecule has 0 unspecified atom stereocenters. The first kappa shape index (κ1) is 10.5. The molecule has 0 amide bonds. The van der Waals surface area contributed by atoms with Gasteiger partial charge in [0.05, 0.1) is 0 Å². The summed E-state index contributed by atoms with van der Waals surface area (Å²) in [6, 6.07) is 6.64. The number of nitrogens with one attached hydrogen (secondary N) is 1. The molecule has 1 heterocycles. The molecule has 0 bridgehead atoms. The van der Waals surface area contributed by atoms with Crippen molar-refractivity contribution in [2.45, 2.75) is 19.3 Å². The highest BCUT2D eigenvalue weighted by atomic mass is 15.0. The Morgan fingerprint density at radius 1 is 1.33 bits per heavy atom. The molecule has 0 atom stereocenters. The van der Waals surface area contributed by atoms with Crippen molar-refractivity contribution in [1.82, 2.24) is 4.90 Å². The molecule has 0 aromatic heterocycles. The highest BCUT2D eigenvalue weighted by molar-refractivity contribution is 5.58. The Balaban J connectivity index is 2.00. The molecule has 0 saturated heterocycles. The predicted octanol–water partition coefficient (Wildman–Crippen LogP) is 2.15. The maximum absolute atomic E-state index is 3.43. The van der Waals surface area contributed by atoms with E-state index in [-0.39, 0.29) is 0 Å². The largest absolute Gasteiger partial charge is 0.384 e. The predicted molar refractivity (Wildman–Crippen MR) is 65.5 cm³/mol. The van der Waals surface area contributed by atoms with E-state index in [9.17, 15) is 0 Å². The molecule has 0 fully saturated rings. The third kappa shape index (κ3) is 2.51. The molecule has 82 valence electrons. The van der Waals surface area contributed by atoms with Crippen LogP contribution in [0.2, 0.25) is 0 Å². The second kappa shape index (κ2) is 4.67. The average molecular weight is 204 g/mol. The molecule has 1 aliphatic rings. The molecule has 0 aliphatic carbocycles. The molecule has 0 saturated carbocycles. The van der Waals surface area contributed by atoms with Gasteiger partial charge in [-0.15, -0.1) is 0 Å². The third-order valence-electron chi connectivity index (χ3n) is 3.01. The fourth-order valence-corrected chi connectivity index (χ4v) is 2.24. The Bertz CT molecular complexity index is 331. The lowest BCUT2D eigenvalue weighted by atomic mass is 10.0. The number of rotatable bonds is 4. The minimum atomic E-state index is 1.11. The van der Waals surface area contributed by atoms with Gasteiger partial charge >= 0.3 is 0 Å². The molecule has 2 rings (SSSR count). The Kier molecular flexibility index (Phi) is 3.27. The van der Waals surface area contributed by atoms with Crippen molar-refractivity contribution in [2.24, 2.45) is 0 Å². The van der Waals surface area contributed by atoms with Gasteiger partial charge in [-0.3, -0.25) is 0 Å². The summed E-state index contributed by atoms with van der Waals surface area (Å²) in [6.07, 6.45) is 3.67. The Morgan fingerprint density at radius 3 is 3.00 bits per heavy atom. The summed E-state index contributed by atoms with van der Waals surface area (Å²) >= 11 is 0. The lowest BCUT2D eigenvalue weighted by Gasteiger charge is -2.11. The van der Waals surface area contributed by atoms with Gasteiger partial charge in [0.1, 0.15) is 0 Å². The standard InChI is InChI=1S/C13H20N2/c1-15(2)10-4-6-11-5-3-7-13-12(11)8-9-14-13/h3,5,7,14H,4,6,8-10H2,1-2H3. The van der Waals surface area contributed by atoms with Crippen LogP contribution in [-0.2, 0) is 12.8 Å². The lowest BCUT2D eigenvalue weighted by molar-refractivity contribution is 0.400. The molecule has 2 nitrogen and oxygen atoms in total. The van der Waals surface area contributed by atoms with Crippen LogP contribution in [0.25, 0.3) is 0 Å². The van der Waals surface area contributed by atoms with Crippen molar-refractivity contribution >= 4 is 5.69 Å². The summed E-state index contributed by atoms with van der Waals surface area (Å²) < 4.78 is 0. The zero-order valence-corrected chi connectivity index (χ0v) is 9.71. The summed E-state index contributed by atoms with van der Waals surface area (Å²) in [5.74, 6) is 0. The SMILES string of the molecule is CN(C)CCCc1cccc2c1CCN2. The molecule has 0 radical (unpaired) electrons. The van der Waals surface area contributed by atoms with E-state index < -0.39 is 0 Å². The zero-order valence-electron chi connectivity index (χ0n) is 9.71. The highest BCUT2D eigenvalue weighted by Gasteiger charge is 2.12. The lowest BCUT2D eigenvalue weighted by Crippen LogP contribution is -2.13. The number of anilines is 1. The average Bonchev–Trinajstić information content (AvgIpc) is 2.65. The summed E-state index contributed by atoms with van der Waals surface area (Å²) in [6.45, 7) is 2.29.